The number of carbonyl (C=O) groups excluding carboxylic acids is 1. The molecule has 0 spiro atoms. The van der Waals surface area contributed by atoms with Gasteiger partial charge in [0.25, 0.3) is 5.91 Å². The lowest BCUT2D eigenvalue weighted by Gasteiger charge is -2.18. The van der Waals surface area contributed by atoms with E-state index in [0.717, 1.165) is 24.1 Å². The fraction of sp³-hybridized carbons (Fsp3) is 0.533. The van der Waals surface area contributed by atoms with Gasteiger partial charge in [-0.05, 0) is 38.8 Å². The van der Waals surface area contributed by atoms with E-state index in [0.29, 0.717) is 6.04 Å². The van der Waals surface area contributed by atoms with E-state index in [4.69, 9.17) is 0 Å². The van der Waals surface area contributed by atoms with Crippen LogP contribution in [0.5, 0.6) is 0 Å². The molecule has 0 aromatic heterocycles. The monoisotopic (exact) mass is 248 g/mol. The van der Waals surface area contributed by atoms with Crippen LogP contribution < -0.4 is 10.6 Å². The highest BCUT2D eigenvalue weighted by Crippen LogP contribution is 2.16. The lowest BCUT2D eigenvalue weighted by Crippen LogP contribution is -2.34. The smallest absolute Gasteiger partial charge is 0.253 e. The van der Waals surface area contributed by atoms with Gasteiger partial charge in [-0.2, -0.15) is 0 Å². The maximum atomic E-state index is 12.2. The molecule has 1 aromatic carbocycles. The number of anilines is 1. The molecule has 0 fully saturated rings. The Kier molecular flexibility index (Phi) is 5.69. The summed E-state index contributed by atoms with van der Waals surface area (Å²) >= 11 is 0. The van der Waals surface area contributed by atoms with Crippen LogP contribution >= 0.6 is 0 Å². The predicted octanol–water partition coefficient (Wildman–Crippen LogP) is 3.43. The molecule has 0 radical (unpaired) electrons. The molecule has 0 saturated heterocycles. The zero-order valence-corrected chi connectivity index (χ0v) is 11.8. The summed E-state index contributed by atoms with van der Waals surface area (Å²) in [5.74, 6) is 0.00690. The van der Waals surface area contributed by atoms with Gasteiger partial charge in [-0.1, -0.05) is 26.0 Å². The molecule has 18 heavy (non-hydrogen) atoms. The molecule has 0 atom stereocenters. The molecule has 0 saturated carbocycles. The Morgan fingerprint density at radius 3 is 2.33 bits per heavy atom. The molecular weight excluding hydrogens is 224 g/mol. The van der Waals surface area contributed by atoms with Gasteiger partial charge in [-0.3, -0.25) is 4.79 Å². The summed E-state index contributed by atoms with van der Waals surface area (Å²) in [6.07, 6.45) is 1.92. The van der Waals surface area contributed by atoms with Crippen molar-refractivity contribution in [2.75, 3.05) is 5.32 Å². The Bertz CT molecular complexity index is 384. The van der Waals surface area contributed by atoms with Crippen molar-refractivity contribution < 1.29 is 4.79 Å². The van der Waals surface area contributed by atoms with Gasteiger partial charge in [0, 0.05) is 17.8 Å². The summed E-state index contributed by atoms with van der Waals surface area (Å²) in [6, 6.07) is 8.22. The Labute approximate surface area is 110 Å². The second-order valence-electron chi connectivity index (χ2n) is 4.83. The quantitative estimate of drug-likeness (QED) is 0.810. The minimum atomic E-state index is 0.00690. The van der Waals surface area contributed by atoms with Gasteiger partial charge in [-0.25, -0.2) is 0 Å². The van der Waals surface area contributed by atoms with E-state index >= 15 is 0 Å². The topological polar surface area (TPSA) is 41.1 Å². The SMILES string of the molecule is CCC(CC)NC(=O)c1ccccc1NC(C)C. The summed E-state index contributed by atoms with van der Waals surface area (Å²) < 4.78 is 0. The molecule has 0 aliphatic rings. The Hall–Kier alpha value is -1.51. The second-order valence-corrected chi connectivity index (χ2v) is 4.83. The van der Waals surface area contributed by atoms with Crippen molar-refractivity contribution in [3.05, 3.63) is 29.8 Å². The fourth-order valence-corrected chi connectivity index (χ4v) is 1.87. The molecule has 0 bridgehead atoms. The zero-order valence-electron chi connectivity index (χ0n) is 11.8. The lowest BCUT2D eigenvalue weighted by atomic mass is 10.1. The van der Waals surface area contributed by atoms with E-state index in [2.05, 4.69) is 38.3 Å². The average molecular weight is 248 g/mol. The van der Waals surface area contributed by atoms with E-state index in [1.165, 1.54) is 0 Å². The molecule has 1 rings (SSSR count). The molecule has 0 aliphatic heterocycles. The number of benzene rings is 1. The highest BCUT2D eigenvalue weighted by molar-refractivity contribution is 5.99. The van der Waals surface area contributed by atoms with Gasteiger partial charge >= 0.3 is 0 Å². The Balaban J connectivity index is 2.84. The summed E-state index contributed by atoms with van der Waals surface area (Å²) in [5.41, 5.74) is 1.62. The van der Waals surface area contributed by atoms with Gasteiger partial charge in [0.05, 0.1) is 5.56 Å². The van der Waals surface area contributed by atoms with Crippen molar-refractivity contribution in [1.29, 1.82) is 0 Å². The fourth-order valence-electron chi connectivity index (χ4n) is 1.87. The summed E-state index contributed by atoms with van der Waals surface area (Å²) in [6.45, 7) is 8.31. The highest BCUT2D eigenvalue weighted by atomic mass is 16.1. The summed E-state index contributed by atoms with van der Waals surface area (Å²) in [4.78, 5) is 12.2. The van der Waals surface area contributed by atoms with Crippen molar-refractivity contribution in [3.8, 4) is 0 Å². The average Bonchev–Trinajstić information content (AvgIpc) is 2.35. The number of carbonyl (C=O) groups is 1. The molecule has 100 valence electrons. The molecular formula is C15H24N2O. The molecule has 3 heteroatoms. The van der Waals surface area contributed by atoms with Crippen LogP contribution in [0.15, 0.2) is 24.3 Å². The maximum absolute atomic E-state index is 12.2. The standard InChI is InChI=1S/C15H24N2O/c1-5-12(6-2)17-15(18)13-9-7-8-10-14(13)16-11(3)4/h7-12,16H,5-6H2,1-4H3,(H,17,18). The molecule has 1 amide bonds. The van der Waals surface area contributed by atoms with Gasteiger partial charge in [0.15, 0.2) is 0 Å². The van der Waals surface area contributed by atoms with Crippen LogP contribution in [0.2, 0.25) is 0 Å². The summed E-state index contributed by atoms with van der Waals surface area (Å²) in [5, 5.41) is 6.37. The maximum Gasteiger partial charge on any atom is 0.253 e. The van der Waals surface area contributed by atoms with E-state index < -0.39 is 0 Å². The molecule has 2 N–H and O–H groups in total. The van der Waals surface area contributed by atoms with Crippen molar-refractivity contribution in [2.24, 2.45) is 0 Å². The molecule has 1 aromatic rings. The van der Waals surface area contributed by atoms with E-state index in [1.54, 1.807) is 0 Å². The first-order valence-corrected chi connectivity index (χ1v) is 6.74. The van der Waals surface area contributed by atoms with Crippen LogP contribution in [0.4, 0.5) is 5.69 Å². The molecule has 0 heterocycles. The first-order chi connectivity index (χ1) is 8.58. The molecule has 3 nitrogen and oxygen atoms in total. The van der Waals surface area contributed by atoms with E-state index in [1.807, 2.05) is 24.3 Å². The lowest BCUT2D eigenvalue weighted by molar-refractivity contribution is 0.0935. The summed E-state index contributed by atoms with van der Waals surface area (Å²) in [7, 11) is 0. The largest absolute Gasteiger partial charge is 0.382 e. The minimum absolute atomic E-state index is 0.00690. The predicted molar refractivity (Wildman–Crippen MR) is 77.0 cm³/mol. The normalized spacial score (nSPS) is 10.8. The number of para-hydroxylation sites is 1. The first-order valence-electron chi connectivity index (χ1n) is 6.74. The molecule has 0 aliphatic carbocycles. The third-order valence-corrected chi connectivity index (χ3v) is 2.94. The first kappa shape index (κ1) is 14.6. The van der Waals surface area contributed by atoms with E-state index in [9.17, 15) is 4.79 Å². The van der Waals surface area contributed by atoms with Gasteiger partial charge in [-0.15, -0.1) is 0 Å². The van der Waals surface area contributed by atoms with Crippen LogP contribution in [-0.2, 0) is 0 Å². The van der Waals surface area contributed by atoms with Crippen LogP contribution in [-0.4, -0.2) is 18.0 Å². The third-order valence-electron chi connectivity index (χ3n) is 2.94. The van der Waals surface area contributed by atoms with Crippen molar-refractivity contribution >= 4 is 11.6 Å². The van der Waals surface area contributed by atoms with Gasteiger partial charge < -0.3 is 10.6 Å². The van der Waals surface area contributed by atoms with Crippen LogP contribution in [0.25, 0.3) is 0 Å². The highest BCUT2D eigenvalue weighted by Gasteiger charge is 2.14. The third kappa shape index (κ3) is 4.06. The second kappa shape index (κ2) is 7.04. The van der Waals surface area contributed by atoms with Crippen molar-refractivity contribution in [2.45, 2.75) is 52.6 Å². The number of hydrogen-bond acceptors (Lipinski definition) is 2. The number of nitrogens with one attached hydrogen (secondary N) is 2. The Morgan fingerprint density at radius 2 is 1.78 bits per heavy atom. The van der Waals surface area contributed by atoms with Crippen molar-refractivity contribution in [3.63, 3.8) is 0 Å². The number of rotatable bonds is 6. The number of hydrogen-bond donors (Lipinski definition) is 2. The van der Waals surface area contributed by atoms with Crippen LogP contribution in [0.1, 0.15) is 50.9 Å². The van der Waals surface area contributed by atoms with Crippen LogP contribution in [0, 0.1) is 0 Å². The van der Waals surface area contributed by atoms with Crippen molar-refractivity contribution in [1.82, 2.24) is 5.32 Å². The number of amides is 1. The molecule has 0 unspecified atom stereocenters. The van der Waals surface area contributed by atoms with Gasteiger partial charge in [0.2, 0.25) is 0 Å². The Morgan fingerprint density at radius 1 is 1.17 bits per heavy atom. The van der Waals surface area contributed by atoms with Crippen LogP contribution in [0.3, 0.4) is 0 Å². The zero-order chi connectivity index (χ0) is 13.5. The minimum Gasteiger partial charge on any atom is -0.382 e. The van der Waals surface area contributed by atoms with Gasteiger partial charge in [0.1, 0.15) is 0 Å². The van der Waals surface area contributed by atoms with E-state index in [-0.39, 0.29) is 11.9 Å².